The topological polar surface area (TPSA) is 130 Å². The van der Waals surface area contributed by atoms with Gasteiger partial charge in [-0.25, -0.2) is 23.4 Å². The number of amides is 1. The summed E-state index contributed by atoms with van der Waals surface area (Å²) in [4.78, 5) is 38.5. The molecule has 2 unspecified atom stereocenters. The summed E-state index contributed by atoms with van der Waals surface area (Å²) in [5.74, 6) is -2.05. The van der Waals surface area contributed by atoms with Crippen LogP contribution in [0.25, 0.3) is 11.2 Å². The highest BCUT2D eigenvalue weighted by atomic mass is 19.1. The summed E-state index contributed by atoms with van der Waals surface area (Å²) in [6, 6.07) is 9.33. The van der Waals surface area contributed by atoms with Gasteiger partial charge < -0.3 is 15.7 Å². The quantitative estimate of drug-likeness (QED) is 0.333. The minimum absolute atomic E-state index is 0.243. The normalized spacial score (nSPS) is 25.3. The van der Waals surface area contributed by atoms with E-state index in [2.05, 4.69) is 15.0 Å². The highest BCUT2D eigenvalue weighted by molar-refractivity contribution is 5.70. The molecule has 0 saturated carbocycles. The minimum atomic E-state index is -1.04. The molecule has 202 valence electrons. The van der Waals surface area contributed by atoms with Gasteiger partial charge in [0.25, 0.3) is 0 Å². The molecule has 3 aromatic heterocycles. The molecule has 1 aliphatic carbocycles. The van der Waals surface area contributed by atoms with Gasteiger partial charge in [-0.3, -0.25) is 14.5 Å². The van der Waals surface area contributed by atoms with Gasteiger partial charge in [-0.05, 0) is 67.1 Å². The van der Waals surface area contributed by atoms with E-state index in [1.54, 1.807) is 29.1 Å². The molecule has 0 bridgehead atoms. The van der Waals surface area contributed by atoms with E-state index < -0.39 is 29.8 Å². The summed E-state index contributed by atoms with van der Waals surface area (Å²) < 4.78 is 29.9. The van der Waals surface area contributed by atoms with E-state index in [4.69, 9.17) is 5.73 Å². The van der Waals surface area contributed by atoms with Crippen molar-refractivity contribution in [3.05, 3.63) is 93.8 Å². The number of aromatic amines is 1. The Morgan fingerprint density at radius 3 is 2.51 bits per heavy atom. The smallest absolute Gasteiger partial charge is 0.407 e. The van der Waals surface area contributed by atoms with Crippen molar-refractivity contribution in [3.63, 3.8) is 0 Å². The molecule has 5 atom stereocenters. The Kier molecular flexibility index (Phi) is 6.38. The van der Waals surface area contributed by atoms with Crippen LogP contribution in [0.3, 0.4) is 0 Å². The number of rotatable bonds is 3. The fraction of sp³-hybridized carbons (Fsp3) is 0.357. The van der Waals surface area contributed by atoms with Gasteiger partial charge in [-0.1, -0.05) is 6.07 Å². The Bertz CT molecular complexity index is 1580. The number of benzene rings is 1. The predicted molar refractivity (Wildman–Crippen MR) is 139 cm³/mol. The van der Waals surface area contributed by atoms with Crippen LogP contribution in [0.15, 0.2) is 59.7 Å². The lowest BCUT2D eigenvalue weighted by molar-refractivity contribution is 0.0779. The Morgan fingerprint density at radius 1 is 1.03 bits per heavy atom. The molecule has 1 amide bonds. The molecule has 1 saturated heterocycles. The first-order valence-electron chi connectivity index (χ1n) is 13.0. The lowest BCUT2D eigenvalue weighted by Gasteiger charge is -2.42. The van der Waals surface area contributed by atoms with Crippen LogP contribution in [0.2, 0.25) is 0 Å². The number of imidazole rings is 1. The molecule has 11 heteroatoms. The van der Waals surface area contributed by atoms with Gasteiger partial charge in [0.15, 0.2) is 5.65 Å². The number of nitrogens with two attached hydrogens (primary N) is 1. The molecule has 39 heavy (non-hydrogen) atoms. The van der Waals surface area contributed by atoms with Gasteiger partial charge in [0.2, 0.25) is 0 Å². The second kappa shape index (κ2) is 9.88. The van der Waals surface area contributed by atoms with Crippen LogP contribution in [0.1, 0.15) is 66.4 Å². The van der Waals surface area contributed by atoms with Crippen molar-refractivity contribution in [3.8, 4) is 0 Å². The second-order valence-corrected chi connectivity index (χ2v) is 10.4. The Hall–Kier alpha value is -4.12. The first-order chi connectivity index (χ1) is 18.8. The standard InChI is InChI=1S/C28H28F2N6O3/c29-16-11-15(12-17(30)13-16)19-5-6-20(25-21(24(19)31)3-1-8-32-25)23-14-18(7-10-35(23)28(38)39)36-22-4-2-9-33-26(22)34-27(36)37/h1-4,8-9,11-13,18-20,23-24H,5-7,10,14,31H2,(H,38,39)(H,33,34,37)/t18?,19-,20+,23?,24-/m0/s1. The zero-order valence-electron chi connectivity index (χ0n) is 21.0. The number of pyridine rings is 2. The molecular weight excluding hydrogens is 506 g/mol. The number of halogens is 2. The Labute approximate surface area is 222 Å². The van der Waals surface area contributed by atoms with E-state index in [1.807, 2.05) is 12.1 Å². The van der Waals surface area contributed by atoms with Gasteiger partial charge >= 0.3 is 11.8 Å². The first kappa shape index (κ1) is 25.2. The van der Waals surface area contributed by atoms with Crippen LogP contribution in [-0.2, 0) is 0 Å². The van der Waals surface area contributed by atoms with Gasteiger partial charge in [-0.2, -0.15) is 0 Å². The second-order valence-electron chi connectivity index (χ2n) is 10.4. The largest absolute Gasteiger partial charge is 0.465 e. The monoisotopic (exact) mass is 534 g/mol. The van der Waals surface area contributed by atoms with Gasteiger partial charge in [-0.15, -0.1) is 0 Å². The molecule has 4 N–H and O–H groups in total. The summed E-state index contributed by atoms with van der Waals surface area (Å²) >= 11 is 0. The number of carbonyl (C=O) groups is 1. The van der Waals surface area contributed by atoms with Crippen molar-refractivity contribution in [2.75, 3.05) is 6.54 Å². The summed E-state index contributed by atoms with van der Waals surface area (Å²) in [6.07, 6.45) is 4.07. The number of hydrogen-bond acceptors (Lipinski definition) is 5. The minimum Gasteiger partial charge on any atom is -0.465 e. The summed E-state index contributed by atoms with van der Waals surface area (Å²) in [6.45, 7) is 0.243. The van der Waals surface area contributed by atoms with E-state index >= 15 is 0 Å². The van der Waals surface area contributed by atoms with Crippen molar-refractivity contribution in [2.45, 2.75) is 55.6 Å². The van der Waals surface area contributed by atoms with Crippen LogP contribution in [-0.4, -0.2) is 48.2 Å². The molecular formula is C28H28F2N6O3. The number of nitrogens with one attached hydrogen (secondary N) is 1. The number of piperidine rings is 1. The van der Waals surface area contributed by atoms with E-state index in [9.17, 15) is 23.5 Å². The number of likely N-dealkylation sites (tertiary alicyclic amines) is 1. The first-order valence-corrected chi connectivity index (χ1v) is 13.0. The third-order valence-corrected chi connectivity index (χ3v) is 8.30. The Balaban J connectivity index is 1.40. The third kappa shape index (κ3) is 4.46. The lowest BCUT2D eigenvalue weighted by Crippen LogP contribution is -2.49. The van der Waals surface area contributed by atoms with Crippen molar-refractivity contribution in [1.29, 1.82) is 0 Å². The zero-order valence-corrected chi connectivity index (χ0v) is 21.0. The van der Waals surface area contributed by atoms with Gasteiger partial charge in [0.1, 0.15) is 11.6 Å². The van der Waals surface area contributed by atoms with Gasteiger partial charge in [0, 0.05) is 55.0 Å². The van der Waals surface area contributed by atoms with Crippen molar-refractivity contribution in [2.24, 2.45) is 5.73 Å². The predicted octanol–water partition coefficient (Wildman–Crippen LogP) is 4.44. The van der Waals surface area contributed by atoms with Crippen LogP contribution < -0.4 is 11.4 Å². The van der Waals surface area contributed by atoms with Crippen LogP contribution >= 0.6 is 0 Å². The SMILES string of the molecule is N[C@@H]1c2cccnc2[C@@H](C2CC(n3c(=O)[nH]c4ncccc43)CCN2C(=O)O)CC[C@H]1c1cc(F)cc(F)c1. The lowest BCUT2D eigenvalue weighted by atomic mass is 9.82. The highest BCUT2D eigenvalue weighted by Gasteiger charge is 2.42. The molecule has 0 radical (unpaired) electrons. The maximum Gasteiger partial charge on any atom is 0.407 e. The maximum atomic E-state index is 14.1. The number of nitrogens with zero attached hydrogens (tertiary/aromatic N) is 4. The average Bonchev–Trinajstić information content (AvgIpc) is 3.17. The van der Waals surface area contributed by atoms with Crippen molar-refractivity contribution in [1.82, 2.24) is 24.4 Å². The molecule has 0 spiro atoms. The van der Waals surface area contributed by atoms with Crippen LogP contribution in [0, 0.1) is 11.6 Å². The van der Waals surface area contributed by atoms with Gasteiger partial charge in [0.05, 0.1) is 11.2 Å². The number of fused-ring (bicyclic) bond motifs is 2. The molecule has 6 rings (SSSR count). The highest BCUT2D eigenvalue weighted by Crippen LogP contribution is 2.46. The number of carboxylic acid groups (broad SMARTS) is 1. The number of hydrogen-bond donors (Lipinski definition) is 3. The number of H-pyrrole nitrogens is 1. The van der Waals surface area contributed by atoms with Crippen molar-refractivity contribution < 1.29 is 18.7 Å². The molecule has 9 nitrogen and oxygen atoms in total. The van der Waals surface area contributed by atoms with Crippen molar-refractivity contribution >= 4 is 17.3 Å². The molecule has 1 aromatic carbocycles. The maximum absolute atomic E-state index is 14.1. The summed E-state index contributed by atoms with van der Waals surface area (Å²) in [5.41, 5.74) is 9.48. The zero-order chi connectivity index (χ0) is 27.3. The molecule has 4 heterocycles. The molecule has 4 aromatic rings. The average molecular weight is 535 g/mol. The Morgan fingerprint density at radius 2 is 1.74 bits per heavy atom. The van der Waals surface area contributed by atoms with E-state index in [1.165, 1.54) is 17.0 Å². The summed E-state index contributed by atoms with van der Waals surface area (Å²) in [7, 11) is 0. The van der Waals surface area contributed by atoms with Crippen LogP contribution in [0.5, 0.6) is 0 Å². The van der Waals surface area contributed by atoms with E-state index in [0.717, 1.165) is 11.6 Å². The van der Waals surface area contributed by atoms with E-state index in [0.29, 0.717) is 48.1 Å². The van der Waals surface area contributed by atoms with E-state index in [-0.39, 0.29) is 30.1 Å². The molecule has 2 aliphatic rings. The molecule has 1 aliphatic heterocycles. The van der Waals surface area contributed by atoms with Crippen LogP contribution in [0.4, 0.5) is 13.6 Å². The molecule has 1 fully saturated rings. The third-order valence-electron chi connectivity index (χ3n) is 8.30. The number of aromatic nitrogens is 4. The fourth-order valence-electron chi connectivity index (χ4n) is 6.60. The summed E-state index contributed by atoms with van der Waals surface area (Å²) in [5, 5.41) is 10.2. The fourth-order valence-corrected chi connectivity index (χ4v) is 6.60.